The van der Waals surface area contributed by atoms with Crippen molar-refractivity contribution in [3.05, 3.63) is 48.4 Å². The molecule has 0 unspecified atom stereocenters. The van der Waals surface area contributed by atoms with Gasteiger partial charge in [0, 0.05) is 11.3 Å². The first-order valence-electron chi connectivity index (χ1n) is 5.46. The lowest BCUT2D eigenvalue weighted by atomic mass is 10.1. The van der Waals surface area contributed by atoms with Gasteiger partial charge >= 0.3 is 0 Å². The highest BCUT2D eigenvalue weighted by Crippen LogP contribution is 2.27. The summed E-state index contributed by atoms with van der Waals surface area (Å²) in [4.78, 5) is 7.50. The first kappa shape index (κ1) is 9.84. The number of rotatable bonds is 2. The molecule has 1 aromatic carbocycles. The number of aromatic nitrogens is 4. The van der Waals surface area contributed by atoms with Gasteiger partial charge in [0.15, 0.2) is 0 Å². The van der Waals surface area contributed by atoms with E-state index in [1.807, 2.05) is 43.3 Å². The van der Waals surface area contributed by atoms with E-state index in [4.69, 9.17) is 0 Å². The third-order valence-electron chi connectivity index (χ3n) is 2.65. The van der Waals surface area contributed by atoms with Gasteiger partial charge in [0.05, 0.1) is 17.7 Å². The largest absolute Gasteiger partial charge is 0.343 e. The van der Waals surface area contributed by atoms with Crippen molar-refractivity contribution in [2.45, 2.75) is 6.92 Å². The Labute approximate surface area is 98.7 Å². The molecule has 2 heterocycles. The summed E-state index contributed by atoms with van der Waals surface area (Å²) < 4.78 is 0. The minimum Gasteiger partial charge on any atom is -0.343 e. The predicted octanol–water partition coefficient (Wildman–Crippen LogP) is 2.78. The van der Waals surface area contributed by atoms with Crippen LogP contribution in [0.15, 0.2) is 42.7 Å². The Morgan fingerprint density at radius 2 is 1.94 bits per heavy atom. The fourth-order valence-electron chi connectivity index (χ4n) is 1.85. The lowest BCUT2D eigenvalue weighted by molar-refractivity contribution is 1.05. The Bertz CT molecular complexity index is 622. The average molecular weight is 224 g/mol. The molecule has 17 heavy (non-hydrogen) atoms. The monoisotopic (exact) mass is 224 g/mol. The molecule has 0 aliphatic rings. The molecule has 0 aliphatic heterocycles. The van der Waals surface area contributed by atoms with E-state index in [0.717, 1.165) is 28.3 Å². The summed E-state index contributed by atoms with van der Waals surface area (Å²) in [5.74, 6) is 0. The molecule has 0 spiro atoms. The molecule has 4 nitrogen and oxygen atoms in total. The highest BCUT2D eigenvalue weighted by Gasteiger charge is 2.12. The lowest BCUT2D eigenvalue weighted by Crippen LogP contribution is -1.83. The van der Waals surface area contributed by atoms with Crippen molar-refractivity contribution >= 4 is 0 Å². The van der Waals surface area contributed by atoms with E-state index in [0.29, 0.717) is 0 Å². The molecule has 0 saturated carbocycles. The number of hydrogen-bond donors (Lipinski definition) is 2. The summed E-state index contributed by atoms with van der Waals surface area (Å²) >= 11 is 0. The SMILES string of the molecule is Cc1cc(-c2[nH]cnc2-c2ccccc2)n[nH]1. The molecule has 4 heteroatoms. The van der Waals surface area contributed by atoms with E-state index >= 15 is 0 Å². The zero-order valence-electron chi connectivity index (χ0n) is 9.44. The molecular weight excluding hydrogens is 212 g/mol. The maximum Gasteiger partial charge on any atom is 0.111 e. The second-order valence-electron chi connectivity index (χ2n) is 3.93. The Morgan fingerprint density at radius 1 is 1.12 bits per heavy atom. The molecule has 3 aromatic rings. The van der Waals surface area contributed by atoms with Gasteiger partial charge in [0.2, 0.25) is 0 Å². The van der Waals surface area contributed by atoms with Crippen molar-refractivity contribution in [2.75, 3.05) is 0 Å². The van der Waals surface area contributed by atoms with Gasteiger partial charge in [-0.15, -0.1) is 0 Å². The fraction of sp³-hybridized carbons (Fsp3) is 0.0769. The van der Waals surface area contributed by atoms with Crippen LogP contribution in [0, 0.1) is 6.92 Å². The summed E-state index contributed by atoms with van der Waals surface area (Å²) in [5, 5.41) is 7.19. The summed E-state index contributed by atoms with van der Waals surface area (Å²) in [7, 11) is 0. The average Bonchev–Trinajstić information content (AvgIpc) is 2.98. The Balaban J connectivity index is 2.12. The van der Waals surface area contributed by atoms with Crippen LogP contribution in [0.1, 0.15) is 5.69 Å². The Kier molecular flexibility index (Phi) is 2.26. The van der Waals surface area contributed by atoms with Crippen LogP contribution in [-0.2, 0) is 0 Å². The van der Waals surface area contributed by atoms with Gasteiger partial charge in [-0.25, -0.2) is 4.98 Å². The molecule has 0 bridgehead atoms. The number of imidazole rings is 1. The highest BCUT2D eigenvalue weighted by atomic mass is 15.1. The number of aromatic amines is 2. The molecule has 84 valence electrons. The molecule has 0 saturated heterocycles. The van der Waals surface area contributed by atoms with Crippen molar-refractivity contribution in [3.8, 4) is 22.6 Å². The normalized spacial score (nSPS) is 10.6. The summed E-state index contributed by atoms with van der Waals surface area (Å²) in [5.41, 5.74) is 4.88. The second-order valence-corrected chi connectivity index (χ2v) is 3.93. The standard InChI is InChI=1S/C13H12N4/c1-9-7-11(17-16-9)13-12(14-8-15-13)10-5-3-2-4-6-10/h2-8H,1H3,(H,14,15)(H,16,17). The van der Waals surface area contributed by atoms with Crippen LogP contribution >= 0.6 is 0 Å². The first-order valence-corrected chi connectivity index (χ1v) is 5.46. The summed E-state index contributed by atoms with van der Waals surface area (Å²) in [6.07, 6.45) is 1.70. The smallest absolute Gasteiger partial charge is 0.111 e. The highest BCUT2D eigenvalue weighted by molar-refractivity contribution is 5.76. The first-order chi connectivity index (χ1) is 8.34. The lowest BCUT2D eigenvalue weighted by Gasteiger charge is -1.99. The molecular formula is C13H12N4. The zero-order chi connectivity index (χ0) is 11.7. The maximum atomic E-state index is 4.36. The molecule has 2 N–H and O–H groups in total. The number of aryl methyl sites for hydroxylation is 1. The van der Waals surface area contributed by atoms with Crippen molar-refractivity contribution in [3.63, 3.8) is 0 Å². The van der Waals surface area contributed by atoms with E-state index in [1.165, 1.54) is 0 Å². The van der Waals surface area contributed by atoms with E-state index in [2.05, 4.69) is 20.2 Å². The summed E-state index contributed by atoms with van der Waals surface area (Å²) in [6.45, 7) is 1.98. The second kappa shape index (κ2) is 3.90. The molecule has 0 radical (unpaired) electrons. The molecule has 0 aliphatic carbocycles. The van der Waals surface area contributed by atoms with E-state index in [-0.39, 0.29) is 0 Å². The van der Waals surface area contributed by atoms with Crippen LogP contribution in [0.4, 0.5) is 0 Å². The van der Waals surface area contributed by atoms with Crippen LogP contribution in [0.25, 0.3) is 22.6 Å². The molecule has 2 aromatic heterocycles. The third-order valence-corrected chi connectivity index (χ3v) is 2.65. The van der Waals surface area contributed by atoms with Crippen molar-refractivity contribution in [1.82, 2.24) is 20.2 Å². The molecule has 3 rings (SSSR count). The number of H-pyrrole nitrogens is 2. The maximum absolute atomic E-state index is 4.36. The van der Waals surface area contributed by atoms with Crippen LogP contribution in [0.3, 0.4) is 0 Å². The minimum absolute atomic E-state index is 0.888. The summed E-state index contributed by atoms with van der Waals surface area (Å²) in [6, 6.07) is 12.1. The molecule has 0 amide bonds. The van der Waals surface area contributed by atoms with Gasteiger partial charge in [-0.1, -0.05) is 30.3 Å². The topological polar surface area (TPSA) is 57.4 Å². The van der Waals surface area contributed by atoms with Gasteiger partial charge in [-0.2, -0.15) is 5.10 Å². The molecule has 0 fully saturated rings. The van der Waals surface area contributed by atoms with E-state index < -0.39 is 0 Å². The fourth-order valence-corrected chi connectivity index (χ4v) is 1.85. The Morgan fingerprint density at radius 3 is 2.65 bits per heavy atom. The van der Waals surface area contributed by atoms with E-state index in [9.17, 15) is 0 Å². The quantitative estimate of drug-likeness (QED) is 0.703. The van der Waals surface area contributed by atoms with Crippen molar-refractivity contribution in [2.24, 2.45) is 0 Å². The molecule has 0 atom stereocenters. The zero-order valence-corrected chi connectivity index (χ0v) is 9.44. The van der Waals surface area contributed by atoms with E-state index in [1.54, 1.807) is 6.33 Å². The van der Waals surface area contributed by atoms with Gasteiger partial charge in [-0.3, -0.25) is 5.10 Å². The van der Waals surface area contributed by atoms with Crippen LogP contribution in [0.2, 0.25) is 0 Å². The Hall–Kier alpha value is -2.36. The number of nitrogens with one attached hydrogen (secondary N) is 2. The number of hydrogen-bond acceptors (Lipinski definition) is 2. The number of nitrogens with zero attached hydrogens (tertiary/aromatic N) is 2. The van der Waals surface area contributed by atoms with Crippen molar-refractivity contribution in [1.29, 1.82) is 0 Å². The van der Waals surface area contributed by atoms with Crippen LogP contribution < -0.4 is 0 Å². The van der Waals surface area contributed by atoms with Crippen molar-refractivity contribution < 1.29 is 0 Å². The number of benzene rings is 1. The van der Waals surface area contributed by atoms with Gasteiger partial charge in [0.1, 0.15) is 5.69 Å². The minimum atomic E-state index is 0.888. The van der Waals surface area contributed by atoms with Crippen LogP contribution in [0.5, 0.6) is 0 Å². The third kappa shape index (κ3) is 1.73. The van der Waals surface area contributed by atoms with Gasteiger partial charge in [-0.05, 0) is 13.0 Å². The van der Waals surface area contributed by atoms with Gasteiger partial charge in [0.25, 0.3) is 0 Å². The van der Waals surface area contributed by atoms with Gasteiger partial charge < -0.3 is 4.98 Å². The predicted molar refractivity (Wildman–Crippen MR) is 66.3 cm³/mol. The van der Waals surface area contributed by atoms with Crippen LogP contribution in [-0.4, -0.2) is 20.2 Å².